The number of aliphatic hydroxyl groups excluding tert-OH is 2. The lowest BCUT2D eigenvalue weighted by Gasteiger charge is -2.62. The van der Waals surface area contributed by atoms with Crippen molar-refractivity contribution in [3.05, 3.63) is 0 Å². The Hall–Kier alpha value is -0.610. The molecule has 3 N–H and O–H groups in total. The van der Waals surface area contributed by atoms with E-state index in [9.17, 15) is 20.1 Å². The van der Waals surface area contributed by atoms with E-state index in [1.165, 1.54) is 12.8 Å². The molecule has 27 heavy (non-hydrogen) atoms. The molecule has 0 radical (unpaired) electrons. The van der Waals surface area contributed by atoms with Gasteiger partial charge < -0.3 is 15.3 Å². The molecule has 4 aliphatic rings. The van der Waals surface area contributed by atoms with Crippen molar-refractivity contribution in [2.75, 3.05) is 0 Å². The van der Waals surface area contributed by atoms with Gasteiger partial charge in [-0.3, -0.25) is 4.79 Å². The smallest absolute Gasteiger partial charge is 0.303 e. The molecule has 0 heterocycles. The fourth-order valence-electron chi connectivity index (χ4n) is 8.58. The lowest BCUT2D eigenvalue weighted by Crippen LogP contribution is -2.58. The summed E-state index contributed by atoms with van der Waals surface area (Å²) in [5.41, 5.74) is 0.128. The number of hydrogen-bond acceptors (Lipinski definition) is 3. The second-order valence-electron chi connectivity index (χ2n) is 11.0. The van der Waals surface area contributed by atoms with Gasteiger partial charge in [-0.2, -0.15) is 0 Å². The lowest BCUT2D eigenvalue weighted by molar-refractivity contribution is -0.175. The van der Waals surface area contributed by atoms with Gasteiger partial charge in [0.1, 0.15) is 0 Å². The Bertz CT molecular complexity index is 591. The van der Waals surface area contributed by atoms with Crippen molar-refractivity contribution < 1.29 is 20.1 Å². The Balaban J connectivity index is 1.60. The standard InChI is InChI=1S/C23H38O4/c1-13(10-21(26)27)17-6-7-18-16-5-4-14-11-15(24)8-9-22(14,2)19(16)12-20(25)23(17,18)3/h13-20,24-25H,4-12H2,1-3H3,(H,26,27)/t13?,14?,15-,16?,17?,18?,19?,20+,22?,23?/m1/s1. The van der Waals surface area contributed by atoms with Crippen LogP contribution in [0.15, 0.2) is 0 Å². The van der Waals surface area contributed by atoms with E-state index in [2.05, 4.69) is 20.8 Å². The van der Waals surface area contributed by atoms with Gasteiger partial charge in [-0.05, 0) is 97.7 Å². The topological polar surface area (TPSA) is 77.8 Å². The van der Waals surface area contributed by atoms with Gasteiger partial charge in [0, 0.05) is 6.42 Å². The van der Waals surface area contributed by atoms with Gasteiger partial charge in [0.2, 0.25) is 0 Å². The number of carboxylic acid groups (broad SMARTS) is 1. The average molecular weight is 379 g/mol. The number of aliphatic hydroxyl groups is 2. The molecule has 0 aliphatic heterocycles. The molecule has 0 spiro atoms. The van der Waals surface area contributed by atoms with Crippen LogP contribution >= 0.6 is 0 Å². The molecule has 8 unspecified atom stereocenters. The maximum Gasteiger partial charge on any atom is 0.303 e. The van der Waals surface area contributed by atoms with Crippen LogP contribution in [0.4, 0.5) is 0 Å². The molecule has 4 fully saturated rings. The van der Waals surface area contributed by atoms with Gasteiger partial charge in [0.25, 0.3) is 0 Å². The third kappa shape index (κ3) is 2.88. The molecule has 0 aromatic carbocycles. The fourth-order valence-corrected chi connectivity index (χ4v) is 8.58. The van der Waals surface area contributed by atoms with E-state index >= 15 is 0 Å². The molecule has 0 bridgehead atoms. The van der Waals surface area contributed by atoms with Gasteiger partial charge >= 0.3 is 5.97 Å². The van der Waals surface area contributed by atoms with Crippen LogP contribution in [-0.2, 0) is 4.79 Å². The zero-order valence-corrected chi connectivity index (χ0v) is 17.2. The minimum atomic E-state index is -0.716. The summed E-state index contributed by atoms with van der Waals surface area (Å²) in [4.78, 5) is 11.3. The number of rotatable bonds is 3. The van der Waals surface area contributed by atoms with Crippen LogP contribution in [0, 0.1) is 46.3 Å². The zero-order chi connectivity index (χ0) is 19.6. The maximum atomic E-state index is 11.4. The second-order valence-corrected chi connectivity index (χ2v) is 11.0. The first kappa shape index (κ1) is 19.7. The largest absolute Gasteiger partial charge is 0.481 e. The SMILES string of the molecule is CC(CC(=O)O)C1CCC2C3CCC4C[C@H](O)CCC4(C)C3C[C@H](O)C12C. The van der Waals surface area contributed by atoms with E-state index in [1.54, 1.807) is 0 Å². The monoisotopic (exact) mass is 378 g/mol. The molecule has 4 nitrogen and oxygen atoms in total. The van der Waals surface area contributed by atoms with Gasteiger partial charge in [0.15, 0.2) is 0 Å². The van der Waals surface area contributed by atoms with E-state index in [1.807, 2.05) is 0 Å². The summed E-state index contributed by atoms with van der Waals surface area (Å²) in [6, 6.07) is 0. The second kappa shape index (κ2) is 6.73. The van der Waals surface area contributed by atoms with Crippen molar-refractivity contribution in [2.45, 2.75) is 90.8 Å². The van der Waals surface area contributed by atoms with Crippen molar-refractivity contribution in [2.24, 2.45) is 46.3 Å². The molecule has 0 aromatic rings. The molecule has 4 saturated carbocycles. The highest BCUT2D eigenvalue weighted by Gasteiger charge is 2.63. The van der Waals surface area contributed by atoms with E-state index < -0.39 is 5.97 Å². The van der Waals surface area contributed by atoms with E-state index in [0.29, 0.717) is 29.6 Å². The summed E-state index contributed by atoms with van der Waals surface area (Å²) < 4.78 is 0. The summed E-state index contributed by atoms with van der Waals surface area (Å²) in [6.45, 7) is 6.79. The predicted molar refractivity (Wildman–Crippen MR) is 104 cm³/mol. The Morgan fingerprint density at radius 2 is 1.78 bits per heavy atom. The van der Waals surface area contributed by atoms with E-state index in [-0.39, 0.29) is 35.4 Å². The summed E-state index contributed by atoms with van der Waals surface area (Å²) in [5, 5.41) is 30.8. The lowest BCUT2D eigenvalue weighted by atomic mass is 9.43. The van der Waals surface area contributed by atoms with Crippen LogP contribution in [0.25, 0.3) is 0 Å². The third-order valence-electron chi connectivity index (χ3n) is 10.00. The van der Waals surface area contributed by atoms with Crippen molar-refractivity contribution in [3.8, 4) is 0 Å². The summed E-state index contributed by atoms with van der Waals surface area (Å²) in [7, 11) is 0. The molecular formula is C23H38O4. The normalized spacial score (nSPS) is 53.1. The highest BCUT2D eigenvalue weighted by atomic mass is 16.4. The van der Waals surface area contributed by atoms with Crippen LogP contribution in [0.1, 0.15) is 78.6 Å². The average Bonchev–Trinajstić information content (AvgIpc) is 2.95. The predicted octanol–water partition coefficient (Wildman–Crippen LogP) is 4.09. The van der Waals surface area contributed by atoms with Crippen molar-refractivity contribution in [3.63, 3.8) is 0 Å². The first-order valence-electron chi connectivity index (χ1n) is 11.3. The summed E-state index contributed by atoms with van der Waals surface area (Å²) in [6.07, 6.45) is 8.22. The van der Waals surface area contributed by atoms with Gasteiger partial charge in [-0.15, -0.1) is 0 Å². The van der Waals surface area contributed by atoms with Crippen LogP contribution in [0.5, 0.6) is 0 Å². The molecule has 10 atom stereocenters. The van der Waals surface area contributed by atoms with Crippen LogP contribution < -0.4 is 0 Å². The molecule has 154 valence electrons. The highest BCUT2D eigenvalue weighted by Crippen LogP contribution is 2.68. The van der Waals surface area contributed by atoms with Gasteiger partial charge in [-0.25, -0.2) is 0 Å². The summed E-state index contributed by atoms with van der Waals surface area (Å²) >= 11 is 0. The Morgan fingerprint density at radius 3 is 2.48 bits per heavy atom. The zero-order valence-electron chi connectivity index (χ0n) is 17.2. The van der Waals surface area contributed by atoms with Crippen LogP contribution in [-0.4, -0.2) is 33.5 Å². The first-order chi connectivity index (χ1) is 12.7. The Morgan fingerprint density at radius 1 is 1.04 bits per heavy atom. The minimum Gasteiger partial charge on any atom is -0.481 e. The fraction of sp³-hybridized carbons (Fsp3) is 0.957. The van der Waals surface area contributed by atoms with Gasteiger partial charge in [0.05, 0.1) is 12.2 Å². The first-order valence-corrected chi connectivity index (χ1v) is 11.3. The number of carbonyl (C=O) groups is 1. The molecular weight excluding hydrogens is 340 g/mol. The van der Waals surface area contributed by atoms with Crippen LogP contribution in [0.2, 0.25) is 0 Å². The Kier molecular flexibility index (Phi) is 4.91. The molecule has 0 aromatic heterocycles. The van der Waals surface area contributed by atoms with Gasteiger partial charge in [-0.1, -0.05) is 20.8 Å². The molecule has 4 rings (SSSR count). The number of hydrogen-bond donors (Lipinski definition) is 3. The van der Waals surface area contributed by atoms with Crippen molar-refractivity contribution >= 4 is 5.97 Å². The van der Waals surface area contributed by atoms with Crippen LogP contribution in [0.3, 0.4) is 0 Å². The summed E-state index contributed by atoms with van der Waals surface area (Å²) in [5.74, 6) is 2.07. The van der Waals surface area contributed by atoms with E-state index in [0.717, 1.165) is 38.5 Å². The van der Waals surface area contributed by atoms with Crippen molar-refractivity contribution in [1.82, 2.24) is 0 Å². The molecule has 4 aliphatic carbocycles. The number of fused-ring (bicyclic) bond motifs is 5. The minimum absolute atomic E-state index is 0.125. The quantitative estimate of drug-likeness (QED) is 0.691. The molecule has 0 amide bonds. The highest BCUT2D eigenvalue weighted by molar-refractivity contribution is 5.67. The molecule has 0 saturated heterocycles. The van der Waals surface area contributed by atoms with Crippen molar-refractivity contribution in [1.29, 1.82) is 0 Å². The molecule has 4 heteroatoms. The Labute approximate surface area is 163 Å². The third-order valence-corrected chi connectivity index (χ3v) is 10.00. The van der Waals surface area contributed by atoms with E-state index in [4.69, 9.17) is 0 Å². The maximum absolute atomic E-state index is 11.4. The number of aliphatic carboxylic acids is 1. The number of carboxylic acids is 1.